The molecule has 0 aromatic heterocycles. The molecule has 6 heteroatoms. The summed E-state index contributed by atoms with van der Waals surface area (Å²) in [5.41, 5.74) is 0.315. The van der Waals surface area contributed by atoms with Crippen molar-refractivity contribution in [2.45, 2.75) is 6.92 Å². The number of aliphatic hydroxyl groups excluding tert-OH is 2. The van der Waals surface area contributed by atoms with Crippen molar-refractivity contribution in [2.24, 2.45) is 0 Å². The Labute approximate surface area is 94.4 Å². The van der Waals surface area contributed by atoms with Crippen molar-refractivity contribution in [3.8, 4) is 0 Å². The highest BCUT2D eigenvalue weighted by atomic mass is 16.5. The highest BCUT2D eigenvalue weighted by Crippen LogP contribution is 1.97. The van der Waals surface area contributed by atoms with E-state index in [9.17, 15) is 4.79 Å². The van der Waals surface area contributed by atoms with Crippen LogP contribution in [0.4, 0.5) is 0 Å². The standard InChI is InChI=1S/C10H18O6/c1-9(10(13)16-5-3-12)8-15-7-6-14-4-2-11/h8,11-12H,2-7H2,1H3. The highest BCUT2D eigenvalue weighted by Gasteiger charge is 2.04. The molecule has 0 radical (unpaired) electrons. The summed E-state index contributed by atoms with van der Waals surface area (Å²) in [7, 11) is 0. The SMILES string of the molecule is CC(=COCCOCCO)C(=O)OCCO. The topological polar surface area (TPSA) is 85.2 Å². The Morgan fingerprint density at radius 3 is 2.44 bits per heavy atom. The molecule has 0 unspecified atom stereocenters. The summed E-state index contributed by atoms with van der Waals surface area (Å²) in [6.07, 6.45) is 1.28. The molecule has 0 amide bonds. The van der Waals surface area contributed by atoms with Crippen LogP contribution in [0.2, 0.25) is 0 Å². The zero-order chi connectivity index (χ0) is 12.2. The lowest BCUT2D eigenvalue weighted by Gasteiger charge is -2.04. The number of rotatable bonds is 9. The lowest BCUT2D eigenvalue weighted by Crippen LogP contribution is -2.10. The fraction of sp³-hybridized carbons (Fsp3) is 0.700. The predicted molar refractivity (Wildman–Crippen MR) is 55.7 cm³/mol. The molecule has 0 aromatic rings. The first-order chi connectivity index (χ1) is 7.72. The Morgan fingerprint density at radius 2 is 1.81 bits per heavy atom. The van der Waals surface area contributed by atoms with Crippen molar-refractivity contribution in [3.05, 3.63) is 11.8 Å². The van der Waals surface area contributed by atoms with Gasteiger partial charge in [0.25, 0.3) is 0 Å². The molecule has 0 saturated heterocycles. The third-order valence-corrected chi connectivity index (χ3v) is 1.49. The van der Waals surface area contributed by atoms with Gasteiger partial charge in [-0.3, -0.25) is 0 Å². The van der Waals surface area contributed by atoms with Crippen LogP contribution in [-0.2, 0) is 19.0 Å². The predicted octanol–water partition coefficient (Wildman–Crippen LogP) is -0.549. The van der Waals surface area contributed by atoms with E-state index in [0.29, 0.717) is 18.8 Å². The Hall–Kier alpha value is -1.11. The van der Waals surface area contributed by atoms with Gasteiger partial charge in [0, 0.05) is 0 Å². The molecule has 0 aliphatic carbocycles. The van der Waals surface area contributed by atoms with Crippen molar-refractivity contribution in [1.29, 1.82) is 0 Å². The van der Waals surface area contributed by atoms with Gasteiger partial charge in [0.1, 0.15) is 13.2 Å². The van der Waals surface area contributed by atoms with E-state index in [1.165, 1.54) is 6.26 Å². The van der Waals surface area contributed by atoms with Gasteiger partial charge in [0.15, 0.2) is 0 Å². The fourth-order valence-corrected chi connectivity index (χ4v) is 0.758. The number of carbonyl (C=O) groups is 1. The summed E-state index contributed by atoms with van der Waals surface area (Å²) >= 11 is 0. The monoisotopic (exact) mass is 234 g/mol. The van der Waals surface area contributed by atoms with E-state index in [2.05, 4.69) is 4.74 Å². The van der Waals surface area contributed by atoms with Crippen LogP contribution in [0.15, 0.2) is 11.8 Å². The van der Waals surface area contributed by atoms with Crippen LogP contribution >= 0.6 is 0 Å². The van der Waals surface area contributed by atoms with E-state index in [1.807, 2.05) is 0 Å². The molecule has 0 rings (SSSR count). The van der Waals surface area contributed by atoms with Crippen molar-refractivity contribution >= 4 is 5.97 Å². The number of aliphatic hydroxyl groups is 2. The molecular weight excluding hydrogens is 216 g/mol. The molecule has 16 heavy (non-hydrogen) atoms. The number of hydrogen-bond acceptors (Lipinski definition) is 6. The Bertz CT molecular complexity index is 213. The second kappa shape index (κ2) is 10.4. The molecule has 6 nitrogen and oxygen atoms in total. The molecule has 0 fully saturated rings. The molecule has 0 aliphatic rings. The van der Waals surface area contributed by atoms with Gasteiger partial charge in [-0.2, -0.15) is 0 Å². The van der Waals surface area contributed by atoms with Crippen LogP contribution in [0.1, 0.15) is 6.92 Å². The van der Waals surface area contributed by atoms with Gasteiger partial charge in [-0.25, -0.2) is 4.79 Å². The molecule has 0 atom stereocenters. The van der Waals surface area contributed by atoms with Gasteiger partial charge in [-0.05, 0) is 6.92 Å². The zero-order valence-electron chi connectivity index (χ0n) is 9.35. The quantitative estimate of drug-likeness (QED) is 0.241. The summed E-state index contributed by atoms with van der Waals surface area (Å²) in [5, 5.41) is 16.8. The minimum absolute atomic E-state index is 0.0242. The largest absolute Gasteiger partial charge is 0.498 e. The maximum atomic E-state index is 11.1. The Kier molecular flexibility index (Phi) is 9.69. The van der Waals surface area contributed by atoms with Crippen molar-refractivity contribution in [2.75, 3.05) is 39.6 Å². The molecule has 94 valence electrons. The van der Waals surface area contributed by atoms with Crippen LogP contribution in [0.3, 0.4) is 0 Å². The van der Waals surface area contributed by atoms with Gasteiger partial charge >= 0.3 is 5.97 Å². The second-order valence-electron chi connectivity index (χ2n) is 2.87. The third kappa shape index (κ3) is 8.22. The van der Waals surface area contributed by atoms with E-state index < -0.39 is 5.97 Å². The molecule has 0 aliphatic heterocycles. The maximum absolute atomic E-state index is 11.1. The summed E-state index contributed by atoms with van der Waals surface area (Å²) in [4.78, 5) is 11.1. The van der Waals surface area contributed by atoms with Crippen molar-refractivity contribution < 1.29 is 29.2 Å². The van der Waals surface area contributed by atoms with Gasteiger partial charge in [-0.1, -0.05) is 0 Å². The third-order valence-electron chi connectivity index (χ3n) is 1.49. The average molecular weight is 234 g/mol. The van der Waals surface area contributed by atoms with E-state index in [-0.39, 0.29) is 26.4 Å². The second-order valence-corrected chi connectivity index (χ2v) is 2.87. The van der Waals surface area contributed by atoms with E-state index in [1.54, 1.807) is 6.92 Å². The summed E-state index contributed by atoms with van der Waals surface area (Å²) in [6.45, 7) is 2.21. The maximum Gasteiger partial charge on any atom is 0.336 e. The lowest BCUT2D eigenvalue weighted by atomic mass is 10.3. The first kappa shape index (κ1) is 14.9. The van der Waals surface area contributed by atoms with E-state index >= 15 is 0 Å². The van der Waals surface area contributed by atoms with Crippen molar-refractivity contribution in [1.82, 2.24) is 0 Å². The zero-order valence-corrected chi connectivity index (χ0v) is 9.35. The lowest BCUT2D eigenvalue weighted by molar-refractivity contribution is -0.140. The Morgan fingerprint density at radius 1 is 1.12 bits per heavy atom. The fourth-order valence-electron chi connectivity index (χ4n) is 0.758. The van der Waals surface area contributed by atoms with Gasteiger partial charge in [0.2, 0.25) is 0 Å². The molecule has 2 N–H and O–H groups in total. The van der Waals surface area contributed by atoms with Crippen LogP contribution in [-0.4, -0.2) is 55.8 Å². The average Bonchev–Trinajstić information content (AvgIpc) is 2.30. The first-order valence-electron chi connectivity index (χ1n) is 4.97. The molecule has 0 heterocycles. The number of esters is 1. The molecular formula is C10H18O6. The molecule has 0 spiro atoms. The molecule has 0 saturated carbocycles. The Balaban J connectivity index is 3.57. The van der Waals surface area contributed by atoms with Crippen LogP contribution in [0, 0.1) is 0 Å². The van der Waals surface area contributed by atoms with Crippen LogP contribution < -0.4 is 0 Å². The number of hydrogen-bond donors (Lipinski definition) is 2. The normalized spacial score (nSPS) is 11.3. The minimum Gasteiger partial charge on any atom is -0.498 e. The van der Waals surface area contributed by atoms with Crippen molar-refractivity contribution in [3.63, 3.8) is 0 Å². The van der Waals surface area contributed by atoms with Gasteiger partial charge in [0.05, 0.1) is 38.3 Å². The summed E-state index contributed by atoms with van der Waals surface area (Å²) < 4.78 is 14.6. The molecule has 0 aromatic carbocycles. The van der Waals surface area contributed by atoms with Crippen LogP contribution in [0.25, 0.3) is 0 Å². The first-order valence-corrected chi connectivity index (χ1v) is 4.97. The minimum atomic E-state index is -0.523. The van der Waals surface area contributed by atoms with Crippen LogP contribution in [0.5, 0.6) is 0 Å². The highest BCUT2D eigenvalue weighted by molar-refractivity contribution is 5.87. The summed E-state index contributed by atoms with van der Waals surface area (Å²) in [5.74, 6) is -0.523. The van der Waals surface area contributed by atoms with E-state index in [4.69, 9.17) is 19.7 Å². The number of carbonyl (C=O) groups excluding carboxylic acids is 1. The van der Waals surface area contributed by atoms with E-state index in [0.717, 1.165) is 0 Å². The van der Waals surface area contributed by atoms with Gasteiger partial charge in [-0.15, -0.1) is 0 Å². The summed E-state index contributed by atoms with van der Waals surface area (Å²) in [6, 6.07) is 0. The van der Waals surface area contributed by atoms with Gasteiger partial charge < -0.3 is 24.4 Å². The molecule has 0 bridgehead atoms. The smallest absolute Gasteiger partial charge is 0.336 e. The number of ether oxygens (including phenoxy) is 3.